The van der Waals surface area contributed by atoms with Crippen LogP contribution in [0.25, 0.3) is 0 Å². The van der Waals surface area contributed by atoms with Gasteiger partial charge in [-0.1, -0.05) is 32.9 Å². The van der Waals surface area contributed by atoms with Gasteiger partial charge in [0.25, 0.3) is 5.91 Å². The molecule has 1 atom stereocenters. The molecule has 0 fully saturated rings. The van der Waals surface area contributed by atoms with Gasteiger partial charge < -0.3 is 19.5 Å². The van der Waals surface area contributed by atoms with Crippen LogP contribution in [0.4, 0.5) is 5.69 Å². The molecule has 140 valence electrons. The Morgan fingerprint density at radius 3 is 2.12 bits per heavy atom. The van der Waals surface area contributed by atoms with Crippen LogP contribution in [-0.2, 0) is 10.2 Å². The second kappa shape index (κ2) is 8.13. The fourth-order valence-electron chi connectivity index (χ4n) is 2.42. The zero-order chi connectivity index (χ0) is 19.3. The third kappa shape index (κ3) is 5.15. The predicted octanol–water partition coefficient (Wildman–Crippen LogP) is 4.41. The van der Waals surface area contributed by atoms with E-state index in [1.165, 1.54) is 0 Å². The summed E-state index contributed by atoms with van der Waals surface area (Å²) < 4.78 is 16.3. The van der Waals surface area contributed by atoms with Crippen molar-refractivity contribution in [1.82, 2.24) is 0 Å². The van der Waals surface area contributed by atoms with Crippen LogP contribution in [0.2, 0.25) is 0 Å². The Morgan fingerprint density at radius 1 is 0.962 bits per heavy atom. The molecular weight excluding hydrogens is 330 g/mol. The molecule has 0 bridgehead atoms. The lowest BCUT2D eigenvalue weighted by Gasteiger charge is -2.21. The number of nitrogens with one attached hydrogen (secondary N) is 1. The maximum atomic E-state index is 12.5. The lowest BCUT2D eigenvalue weighted by Crippen LogP contribution is -2.30. The molecule has 0 aromatic heterocycles. The fraction of sp³-hybridized carbons (Fsp3) is 0.381. The van der Waals surface area contributed by atoms with Crippen molar-refractivity contribution in [1.29, 1.82) is 0 Å². The van der Waals surface area contributed by atoms with Crippen LogP contribution >= 0.6 is 0 Å². The standard InChI is InChI=1S/C21H27NO4/c1-14(26-17-9-7-8-15(10-17)21(2,3)4)20(23)22-16-11-18(24-5)13-19(12-16)25-6/h7-14H,1-6H3,(H,22,23). The summed E-state index contributed by atoms with van der Waals surface area (Å²) in [7, 11) is 3.13. The third-order valence-corrected chi connectivity index (χ3v) is 4.00. The molecule has 0 aliphatic heterocycles. The van der Waals surface area contributed by atoms with Crippen LogP contribution in [0.3, 0.4) is 0 Å². The minimum absolute atomic E-state index is 0.0159. The number of carbonyl (C=O) groups is 1. The minimum atomic E-state index is -0.651. The number of hydrogen-bond donors (Lipinski definition) is 1. The highest BCUT2D eigenvalue weighted by Crippen LogP contribution is 2.27. The van der Waals surface area contributed by atoms with E-state index in [1.807, 2.05) is 18.2 Å². The van der Waals surface area contributed by atoms with Crippen molar-refractivity contribution in [2.45, 2.75) is 39.2 Å². The first-order valence-electron chi connectivity index (χ1n) is 8.54. The quantitative estimate of drug-likeness (QED) is 0.832. The predicted molar refractivity (Wildman–Crippen MR) is 103 cm³/mol. The van der Waals surface area contributed by atoms with Gasteiger partial charge >= 0.3 is 0 Å². The van der Waals surface area contributed by atoms with Gasteiger partial charge in [0.05, 0.1) is 14.2 Å². The molecule has 0 saturated carbocycles. The van der Waals surface area contributed by atoms with E-state index >= 15 is 0 Å². The number of anilines is 1. The van der Waals surface area contributed by atoms with Gasteiger partial charge in [-0.25, -0.2) is 0 Å². The molecule has 0 heterocycles. The van der Waals surface area contributed by atoms with E-state index in [2.05, 4.69) is 32.2 Å². The van der Waals surface area contributed by atoms with Crippen molar-refractivity contribution >= 4 is 11.6 Å². The number of ether oxygens (including phenoxy) is 3. The fourth-order valence-corrected chi connectivity index (χ4v) is 2.42. The molecule has 26 heavy (non-hydrogen) atoms. The Morgan fingerprint density at radius 2 is 1.58 bits per heavy atom. The van der Waals surface area contributed by atoms with Crippen molar-refractivity contribution in [3.05, 3.63) is 48.0 Å². The van der Waals surface area contributed by atoms with Crippen LogP contribution < -0.4 is 19.5 Å². The second-order valence-corrected chi connectivity index (χ2v) is 7.13. The molecule has 1 unspecified atom stereocenters. The summed E-state index contributed by atoms with van der Waals surface area (Å²) >= 11 is 0. The Kier molecular flexibility index (Phi) is 6.14. The Hall–Kier alpha value is -2.69. The van der Waals surface area contributed by atoms with Gasteiger partial charge in [0.1, 0.15) is 17.2 Å². The number of amides is 1. The van der Waals surface area contributed by atoms with Crippen LogP contribution in [0.1, 0.15) is 33.3 Å². The molecule has 2 aromatic carbocycles. The van der Waals surface area contributed by atoms with Crippen molar-refractivity contribution < 1.29 is 19.0 Å². The Labute approximate surface area is 155 Å². The maximum absolute atomic E-state index is 12.5. The average Bonchev–Trinajstić information content (AvgIpc) is 2.60. The normalized spacial score (nSPS) is 12.2. The highest BCUT2D eigenvalue weighted by molar-refractivity contribution is 5.94. The molecule has 5 heteroatoms. The van der Waals surface area contributed by atoms with E-state index in [-0.39, 0.29) is 11.3 Å². The molecule has 0 spiro atoms. The first kappa shape index (κ1) is 19.6. The van der Waals surface area contributed by atoms with Crippen molar-refractivity contribution in [2.75, 3.05) is 19.5 Å². The maximum Gasteiger partial charge on any atom is 0.265 e. The molecule has 2 rings (SSSR count). The Balaban J connectivity index is 2.09. The average molecular weight is 357 g/mol. The van der Waals surface area contributed by atoms with E-state index in [0.717, 1.165) is 5.56 Å². The van der Waals surface area contributed by atoms with E-state index in [0.29, 0.717) is 22.9 Å². The van der Waals surface area contributed by atoms with Gasteiger partial charge in [0.15, 0.2) is 6.10 Å². The number of carbonyl (C=O) groups excluding carboxylic acids is 1. The number of methoxy groups -OCH3 is 2. The number of rotatable bonds is 6. The van der Waals surface area contributed by atoms with E-state index < -0.39 is 6.10 Å². The highest BCUT2D eigenvalue weighted by Gasteiger charge is 2.18. The molecular formula is C21H27NO4. The van der Waals surface area contributed by atoms with Gasteiger partial charge in [-0.3, -0.25) is 4.79 Å². The smallest absolute Gasteiger partial charge is 0.265 e. The van der Waals surface area contributed by atoms with Crippen LogP contribution in [0.15, 0.2) is 42.5 Å². The van der Waals surface area contributed by atoms with E-state index in [9.17, 15) is 4.79 Å². The van der Waals surface area contributed by atoms with Gasteiger partial charge in [-0.05, 0) is 30.0 Å². The molecule has 1 amide bonds. The van der Waals surface area contributed by atoms with Crippen molar-refractivity contribution in [2.24, 2.45) is 0 Å². The first-order chi connectivity index (χ1) is 12.2. The van der Waals surface area contributed by atoms with E-state index in [4.69, 9.17) is 14.2 Å². The number of hydrogen-bond acceptors (Lipinski definition) is 4. The monoisotopic (exact) mass is 357 g/mol. The topological polar surface area (TPSA) is 56.8 Å². The summed E-state index contributed by atoms with van der Waals surface area (Å²) in [5.41, 5.74) is 1.76. The van der Waals surface area contributed by atoms with E-state index in [1.54, 1.807) is 39.3 Å². The Bertz CT molecular complexity index is 743. The second-order valence-electron chi connectivity index (χ2n) is 7.13. The zero-order valence-corrected chi connectivity index (χ0v) is 16.3. The lowest BCUT2D eigenvalue weighted by molar-refractivity contribution is -0.122. The summed E-state index contributed by atoms with van der Waals surface area (Å²) in [5, 5.41) is 2.83. The highest BCUT2D eigenvalue weighted by atomic mass is 16.5. The lowest BCUT2D eigenvalue weighted by atomic mass is 9.87. The molecule has 0 radical (unpaired) electrons. The summed E-state index contributed by atoms with van der Waals surface area (Å²) in [4.78, 5) is 12.5. The third-order valence-electron chi connectivity index (χ3n) is 4.00. The molecule has 0 aliphatic carbocycles. The van der Waals surface area contributed by atoms with Crippen LogP contribution in [0.5, 0.6) is 17.2 Å². The van der Waals surface area contributed by atoms with Gasteiger partial charge in [0, 0.05) is 23.9 Å². The summed E-state index contributed by atoms with van der Waals surface area (Å²) in [6.07, 6.45) is -0.651. The molecule has 1 N–H and O–H groups in total. The zero-order valence-electron chi connectivity index (χ0n) is 16.3. The van der Waals surface area contributed by atoms with Gasteiger partial charge in [-0.2, -0.15) is 0 Å². The molecule has 0 aliphatic rings. The van der Waals surface area contributed by atoms with Crippen LogP contribution in [-0.4, -0.2) is 26.2 Å². The van der Waals surface area contributed by atoms with Crippen LogP contribution in [0, 0.1) is 0 Å². The summed E-state index contributed by atoms with van der Waals surface area (Å²) in [6, 6.07) is 13.0. The summed E-state index contributed by atoms with van der Waals surface area (Å²) in [5.74, 6) is 1.63. The SMILES string of the molecule is COc1cc(NC(=O)C(C)Oc2cccc(C(C)(C)C)c2)cc(OC)c1. The summed E-state index contributed by atoms with van der Waals surface area (Å²) in [6.45, 7) is 8.13. The van der Waals surface area contributed by atoms with Gasteiger partial charge in [0.2, 0.25) is 0 Å². The number of benzene rings is 2. The first-order valence-corrected chi connectivity index (χ1v) is 8.54. The molecule has 5 nitrogen and oxygen atoms in total. The minimum Gasteiger partial charge on any atom is -0.497 e. The molecule has 0 saturated heterocycles. The van der Waals surface area contributed by atoms with Gasteiger partial charge in [-0.15, -0.1) is 0 Å². The van der Waals surface area contributed by atoms with Crippen molar-refractivity contribution in [3.8, 4) is 17.2 Å². The van der Waals surface area contributed by atoms with Crippen molar-refractivity contribution in [3.63, 3.8) is 0 Å². The molecule has 2 aromatic rings. The largest absolute Gasteiger partial charge is 0.497 e.